The number of ether oxygens (including phenoxy) is 1. The van der Waals surface area contributed by atoms with E-state index in [1.807, 2.05) is 6.92 Å². The van der Waals surface area contributed by atoms with Crippen molar-refractivity contribution in [3.05, 3.63) is 12.5 Å². The van der Waals surface area contributed by atoms with Crippen molar-refractivity contribution in [3.8, 4) is 0 Å². The number of aromatic nitrogens is 2. The van der Waals surface area contributed by atoms with Gasteiger partial charge in [-0.05, 0) is 5.92 Å². The highest BCUT2D eigenvalue weighted by Crippen LogP contribution is 2.28. The maximum absolute atomic E-state index is 12.3. The van der Waals surface area contributed by atoms with Gasteiger partial charge in [-0.25, -0.2) is 13.4 Å². The summed E-state index contributed by atoms with van der Waals surface area (Å²) < 4.78 is 32.3. The fourth-order valence-corrected chi connectivity index (χ4v) is 3.76. The minimum Gasteiger partial charge on any atom is -0.469 e. The van der Waals surface area contributed by atoms with Crippen LogP contribution in [0.15, 0.2) is 17.6 Å². The van der Waals surface area contributed by atoms with Crippen molar-refractivity contribution in [2.24, 2.45) is 18.9 Å². The number of aryl methyl sites for hydroxylation is 1. The quantitative estimate of drug-likeness (QED) is 0.722. The van der Waals surface area contributed by atoms with Gasteiger partial charge in [0.2, 0.25) is 0 Å². The van der Waals surface area contributed by atoms with E-state index in [-0.39, 0.29) is 23.5 Å². The molecule has 0 N–H and O–H groups in total. The molecule has 2 unspecified atom stereocenters. The van der Waals surface area contributed by atoms with Gasteiger partial charge >= 0.3 is 5.97 Å². The second-order valence-electron chi connectivity index (χ2n) is 4.81. The topological polar surface area (TPSA) is 81.5 Å². The van der Waals surface area contributed by atoms with Crippen LogP contribution in [0.3, 0.4) is 0 Å². The van der Waals surface area contributed by atoms with Crippen molar-refractivity contribution in [1.29, 1.82) is 0 Å². The first-order chi connectivity index (χ1) is 8.86. The predicted molar refractivity (Wildman–Crippen MR) is 66.6 cm³/mol. The molecule has 0 amide bonds. The molecule has 19 heavy (non-hydrogen) atoms. The number of nitrogens with zero attached hydrogens (tertiary/aromatic N) is 3. The Morgan fingerprint density at radius 2 is 2.16 bits per heavy atom. The van der Waals surface area contributed by atoms with Gasteiger partial charge in [-0.2, -0.15) is 4.31 Å². The molecule has 8 heteroatoms. The van der Waals surface area contributed by atoms with Crippen LogP contribution >= 0.6 is 0 Å². The molecule has 0 bridgehead atoms. The van der Waals surface area contributed by atoms with Crippen LogP contribution in [0.2, 0.25) is 0 Å². The zero-order valence-electron chi connectivity index (χ0n) is 11.1. The van der Waals surface area contributed by atoms with Crippen LogP contribution in [-0.4, -0.2) is 48.4 Å². The third-order valence-corrected chi connectivity index (χ3v) is 5.09. The van der Waals surface area contributed by atoms with Gasteiger partial charge in [-0.15, -0.1) is 0 Å². The van der Waals surface area contributed by atoms with E-state index in [0.717, 1.165) is 0 Å². The first kappa shape index (κ1) is 14.0. The lowest BCUT2D eigenvalue weighted by Crippen LogP contribution is -2.30. The van der Waals surface area contributed by atoms with Crippen molar-refractivity contribution in [2.75, 3.05) is 20.2 Å². The van der Waals surface area contributed by atoms with E-state index in [1.54, 1.807) is 11.6 Å². The Morgan fingerprint density at radius 1 is 1.47 bits per heavy atom. The molecule has 2 atom stereocenters. The second-order valence-corrected chi connectivity index (χ2v) is 6.69. The van der Waals surface area contributed by atoms with Crippen LogP contribution < -0.4 is 0 Å². The molecule has 1 aliphatic heterocycles. The Balaban J connectivity index is 2.22. The number of imidazole rings is 1. The normalized spacial score (nSPS) is 24.6. The van der Waals surface area contributed by atoms with Gasteiger partial charge < -0.3 is 9.30 Å². The number of carbonyl (C=O) groups is 1. The average molecular weight is 287 g/mol. The monoisotopic (exact) mass is 287 g/mol. The summed E-state index contributed by atoms with van der Waals surface area (Å²) in [6, 6.07) is 0. The number of rotatable bonds is 3. The summed E-state index contributed by atoms with van der Waals surface area (Å²) in [6.07, 6.45) is 2.88. The molecule has 106 valence electrons. The molecule has 2 heterocycles. The fourth-order valence-electron chi connectivity index (χ4n) is 2.23. The van der Waals surface area contributed by atoms with Crippen molar-refractivity contribution in [3.63, 3.8) is 0 Å². The number of hydrogen-bond donors (Lipinski definition) is 0. The third-order valence-electron chi connectivity index (χ3n) is 3.37. The van der Waals surface area contributed by atoms with Crippen molar-refractivity contribution < 1.29 is 17.9 Å². The first-order valence-electron chi connectivity index (χ1n) is 5.92. The molecule has 0 radical (unpaired) electrons. The van der Waals surface area contributed by atoms with E-state index in [2.05, 4.69) is 4.98 Å². The van der Waals surface area contributed by atoms with Crippen LogP contribution in [0.5, 0.6) is 0 Å². The zero-order chi connectivity index (χ0) is 14.2. The highest BCUT2D eigenvalue weighted by atomic mass is 32.2. The fraction of sp³-hybridized carbons (Fsp3) is 0.636. The van der Waals surface area contributed by atoms with E-state index in [4.69, 9.17) is 4.74 Å². The van der Waals surface area contributed by atoms with Crippen molar-refractivity contribution in [2.45, 2.75) is 11.9 Å². The maximum Gasteiger partial charge on any atom is 0.310 e. The number of methoxy groups -OCH3 is 1. The standard InChI is InChI=1S/C11H17N3O4S/c1-8-4-14(5-9(8)11(15)18-3)19(16,17)10-6-13(2)7-12-10/h6-9H,4-5H2,1-3H3. The third kappa shape index (κ3) is 2.50. The lowest BCUT2D eigenvalue weighted by Gasteiger charge is -2.14. The lowest BCUT2D eigenvalue weighted by molar-refractivity contribution is -0.145. The maximum atomic E-state index is 12.3. The number of esters is 1. The Labute approximate surface area is 112 Å². The number of carbonyl (C=O) groups excluding carboxylic acids is 1. The summed E-state index contributed by atoms with van der Waals surface area (Å²) in [5.74, 6) is -0.847. The molecule has 7 nitrogen and oxygen atoms in total. The van der Waals surface area contributed by atoms with E-state index < -0.39 is 15.9 Å². The number of hydrogen-bond acceptors (Lipinski definition) is 5. The molecule has 1 aromatic heterocycles. The molecule has 2 rings (SSSR count). The summed E-state index contributed by atoms with van der Waals surface area (Å²) in [4.78, 5) is 15.4. The summed E-state index contributed by atoms with van der Waals surface area (Å²) in [7, 11) is -0.617. The highest BCUT2D eigenvalue weighted by molar-refractivity contribution is 7.89. The average Bonchev–Trinajstić information content (AvgIpc) is 2.95. The molecule has 1 aromatic rings. The minimum absolute atomic E-state index is 0.00714. The molecule has 0 aromatic carbocycles. The van der Waals surface area contributed by atoms with Crippen LogP contribution in [0.25, 0.3) is 0 Å². The molecule has 0 aliphatic carbocycles. The van der Waals surface area contributed by atoms with Crippen LogP contribution in [0.4, 0.5) is 0 Å². The lowest BCUT2D eigenvalue weighted by atomic mass is 9.99. The SMILES string of the molecule is COC(=O)C1CN(S(=O)(=O)c2cn(C)cn2)CC1C. The largest absolute Gasteiger partial charge is 0.469 e. The Hall–Kier alpha value is -1.41. The van der Waals surface area contributed by atoms with Gasteiger partial charge in [-0.3, -0.25) is 4.79 Å². The van der Waals surface area contributed by atoms with Gasteiger partial charge in [0, 0.05) is 26.3 Å². The van der Waals surface area contributed by atoms with Gasteiger partial charge in [0.1, 0.15) is 0 Å². The Bertz CT molecular complexity index is 581. The summed E-state index contributed by atoms with van der Waals surface area (Å²) in [6.45, 7) is 2.29. The minimum atomic E-state index is -3.63. The van der Waals surface area contributed by atoms with Crippen LogP contribution in [0, 0.1) is 11.8 Å². The first-order valence-corrected chi connectivity index (χ1v) is 7.36. The van der Waals surface area contributed by atoms with E-state index >= 15 is 0 Å². The molecular weight excluding hydrogens is 270 g/mol. The van der Waals surface area contributed by atoms with E-state index in [1.165, 1.54) is 23.9 Å². The van der Waals surface area contributed by atoms with Crippen molar-refractivity contribution >= 4 is 16.0 Å². The molecular formula is C11H17N3O4S. The Kier molecular flexibility index (Phi) is 3.64. The molecule has 1 aliphatic rings. The highest BCUT2D eigenvalue weighted by Gasteiger charge is 2.41. The number of sulfonamides is 1. The van der Waals surface area contributed by atoms with Gasteiger partial charge in [0.25, 0.3) is 10.0 Å². The predicted octanol–water partition coefficient (Wildman–Crippen LogP) is -0.150. The smallest absolute Gasteiger partial charge is 0.310 e. The second kappa shape index (κ2) is 4.93. The molecule has 0 spiro atoms. The van der Waals surface area contributed by atoms with Crippen molar-refractivity contribution in [1.82, 2.24) is 13.9 Å². The summed E-state index contributed by atoms with van der Waals surface area (Å²) >= 11 is 0. The van der Waals surface area contributed by atoms with Gasteiger partial charge in [0.15, 0.2) is 5.03 Å². The van der Waals surface area contributed by atoms with Crippen LogP contribution in [-0.2, 0) is 26.6 Å². The summed E-state index contributed by atoms with van der Waals surface area (Å²) in [5, 5.41) is 0.00714. The van der Waals surface area contributed by atoms with Gasteiger partial charge in [0.05, 0.1) is 19.4 Å². The molecule has 1 saturated heterocycles. The van der Waals surface area contributed by atoms with Gasteiger partial charge in [-0.1, -0.05) is 6.92 Å². The Morgan fingerprint density at radius 3 is 2.68 bits per heavy atom. The molecule has 0 saturated carbocycles. The van der Waals surface area contributed by atoms with E-state index in [9.17, 15) is 13.2 Å². The van der Waals surface area contributed by atoms with Crippen LogP contribution in [0.1, 0.15) is 6.92 Å². The summed E-state index contributed by atoms with van der Waals surface area (Å²) in [5.41, 5.74) is 0. The molecule has 1 fully saturated rings. The van der Waals surface area contributed by atoms with E-state index in [0.29, 0.717) is 6.54 Å². The zero-order valence-corrected chi connectivity index (χ0v) is 11.9.